The van der Waals surface area contributed by atoms with Gasteiger partial charge in [0.15, 0.2) is 11.0 Å². The van der Waals surface area contributed by atoms with Crippen molar-refractivity contribution in [2.24, 2.45) is 4.99 Å². The Morgan fingerprint density at radius 1 is 1.07 bits per heavy atom. The van der Waals surface area contributed by atoms with Gasteiger partial charge in [-0.1, -0.05) is 30.0 Å². The van der Waals surface area contributed by atoms with Crippen molar-refractivity contribution in [3.63, 3.8) is 0 Å². The van der Waals surface area contributed by atoms with E-state index in [9.17, 15) is 35.9 Å². The largest absolute Gasteiger partial charge is 0.416 e. The molecule has 9 nitrogen and oxygen atoms in total. The second kappa shape index (κ2) is 12.9. The Morgan fingerprint density at radius 2 is 1.85 bits per heavy atom. The van der Waals surface area contributed by atoms with E-state index >= 15 is 4.39 Å². The fourth-order valence-corrected chi connectivity index (χ4v) is 5.15. The maximum Gasteiger partial charge on any atom is 0.416 e. The SMILES string of the molecule is Cc1ccc(COCC(F)(F)F)c(N2C(=O)CS/C2=N\C(=O)Nc2ccc(-c3ncn(-c4cccc(C(F)(F)F)c4)n3)cc2F)c1. The number of aromatic nitrogens is 3. The van der Waals surface area contributed by atoms with Crippen LogP contribution in [0, 0.1) is 12.7 Å². The topological polar surface area (TPSA) is 102 Å². The zero-order valence-electron chi connectivity index (χ0n) is 23.5. The van der Waals surface area contributed by atoms with Crippen molar-refractivity contribution in [1.82, 2.24) is 14.8 Å². The first-order chi connectivity index (χ1) is 21.7. The number of urea groups is 1. The van der Waals surface area contributed by atoms with Crippen LogP contribution >= 0.6 is 11.8 Å². The highest BCUT2D eigenvalue weighted by molar-refractivity contribution is 8.15. The average Bonchev–Trinajstić information content (AvgIpc) is 3.61. The van der Waals surface area contributed by atoms with Gasteiger partial charge in [0.1, 0.15) is 18.8 Å². The quantitative estimate of drug-likeness (QED) is 0.210. The number of hydrogen-bond donors (Lipinski definition) is 1. The maximum atomic E-state index is 15.0. The highest BCUT2D eigenvalue weighted by atomic mass is 32.2. The first-order valence-corrected chi connectivity index (χ1v) is 14.2. The minimum Gasteiger partial charge on any atom is -0.367 e. The highest BCUT2D eigenvalue weighted by Crippen LogP contribution is 2.33. The molecule has 3 aromatic carbocycles. The van der Waals surface area contributed by atoms with Crippen LogP contribution in [0.4, 0.5) is 46.9 Å². The van der Waals surface area contributed by atoms with E-state index < -0.39 is 48.9 Å². The number of carbonyl (C=O) groups is 2. The fourth-order valence-electron chi connectivity index (χ4n) is 4.29. The van der Waals surface area contributed by atoms with E-state index in [0.717, 1.165) is 39.5 Å². The van der Waals surface area contributed by atoms with Crippen molar-refractivity contribution in [2.75, 3.05) is 22.6 Å². The van der Waals surface area contributed by atoms with Gasteiger partial charge in [-0.3, -0.25) is 9.69 Å². The highest BCUT2D eigenvalue weighted by Gasteiger charge is 2.33. The zero-order valence-corrected chi connectivity index (χ0v) is 24.3. The van der Waals surface area contributed by atoms with Gasteiger partial charge in [0.25, 0.3) is 0 Å². The van der Waals surface area contributed by atoms with Crippen LogP contribution in [0.3, 0.4) is 0 Å². The number of amides is 3. The molecular weight excluding hydrogens is 645 g/mol. The second-order valence-electron chi connectivity index (χ2n) is 9.84. The first kappa shape index (κ1) is 32.6. The summed E-state index contributed by atoms with van der Waals surface area (Å²) in [5.41, 5.74) is 0.208. The monoisotopic (exact) mass is 666 g/mol. The van der Waals surface area contributed by atoms with E-state index in [-0.39, 0.29) is 44.9 Å². The molecule has 0 radical (unpaired) electrons. The molecule has 0 aliphatic carbocycles. The van der Waals surface area contributed by atoms with Gasteiger partial charge in [-0.2, -0.15) is 31.3 Å². The molecule has 1 aliphatic heterocycles. The number of hydrogen-bond acceptors (Lipinski definition) is 6. The Bertz CT molecular complexity index is 1820. The van der Waals surface area contributed by atoms with Crippen LogP contribution in [0.25, 0.3) is 17.1 Å². The molecule has 1 aromatic heterocycles. The van der Waals surface area contributed by atoms with Gasteiger partial charge in [0, 0.05) is 11.1 Å². The zero-order chi connectivity index (χ0) is 33.2. The van der Waals surface area contributed by atoms with E-state index in [1.807, 2.05) is 0 Å². The van der Waals surface area contributed by atoms with Crippen molar-refractivity contribution in [1.29, 1.82) is 0 Å². The number of nitrogens with zero attached hydrogens (tertiary/aromatic N) is 5. The Labute approximate surface area is 260 Å². The van der Waals surface area contributed by atoms with Crippen molar-refractivity contribution in [3.05, 3.63) is 89.5 Å². The number of carbonyl (C=O) groups excluding carboxylic acids is 2. The second-order valence-corrected chi connectivity index (χ2v) is 10.8. The van der Waals surface area contributed by atoms with Crippen LogP contribution in [0.15, 0.2) is 72.0 Å². The number of halogens is 7. The van der Waals surface area contributed by atoms with Crippen molar-refractivity contribution in [3.8, 4) is 17.1 Å². The lowest BCUT2D eigenvalue weighted by molar-refractivity contribution is -0.176. The molecule has 1 saturated heterocycles. The summed E-state index contributed by atoms with van der Waals surface area (Å²) in [6, 6.07) is 11.6. The molecule has 1 aliphatic rings. The minimum atomic E-state index is -4.56. The maximum absolute atomic E-state index is 15.0. The lowest BCUT2D eigenvalue weighted by Gasteiger charge is -2.21. The van der Waals surface area contributed by atoms with E-state index in [1.54, 1.807) is 19.1 Å². The summed E-state index contributed by atoms with van der Waals surface area (Å²) < 4.78 is 97.9. The number of benzene rings is 3. The molecule has 0 atom stereocenters. The molecule has 46 heavy (non-hydrogen) atoms. The third-order valence-corrected chi connectivity index (χ3v) is 7.29. The number of ether oxygens (including phenoxy) is 1. The van der Waals surface area contributed by atoms with Gasteiger partial charge < -0.3 is 10.1 Å². The Morgan fingerprint density at radius 3 is 2.57 bits per heavy atom. The van der Waals surface area contributed by atoms with Crippen molar-refractivity contribution < 1.29 is 45.1 Å². The van der Waals surface area contributed by atoms with Crippen LogP contribution in [-0.4, -0.2) is 50.4 Å². The molecule has 1 N–H and O–H groups in total. The summed E-state index contributed by atoms with van der Waals surface area (Å²) in [5, 5.41) is 6.32. The van der Waals surface area contributed by atoms with Crippen molar-refractivity contribution in [2.45, 2.75) is 25.9 Å². The van der Waals surface area contributed by atoms with Gasteiger partial charge in [0.2, 0.25) is 5.91 Å². The molecular formula is C29H21F7N6O3S. The molecule has 4 aromatic rings. The molecule has 1 fully saturated rings. The van der Waals surface area contributed by atoms with Gasteiger partial charge >= 0.3 is 18.4 Å². The molecule has 0 spiro atoms. The molecule has 5 rings (SSSR count). The summed E-state index contributed by atoms with van der Waals surface area (Å²) >= 11 is 0.911. The van der Waals surface area contributed by atoms with Gasteiger partial charge in [-0.15, -0.1) is 5.10 Å². The molecule has 240 valence electrons. The molecule has 0 saturated carbocycles. The summed E-state index contributed by atoms with van der Waals surface area (Å²) in [5.74, 6) is -1.49. The van der Waals surface area contributed by atoms with Gasteiger partial charge in [0.05, 0.1) is 35.0 Å². The number of anilines is 2. The Kier molecular flexibility index (Phi) is 9.16. The summed E-state index contributed by atoms with van der Waals surface area (Å²) in [4.78, 5) is 34.5. The molecule has 3 amide bonds. The summed E-state index contributed by atoms with van der Waals surface area (Å²) in [6.45, 7) is -0.253. The van der Waals surface area contributed by atoms with Gasteiger partial charge in [-0.25, -0.2) is 18.9 Å². The first-order valence-electron chi connectivity index (χ1n) is 13.2. The predicted molar refractivity (Wildman–Crippen MR) is 155 cm³/mol. The average molecular weight is 667 g/mol. The van der Waals surface area contributed by atoms with Crippen LogP contribution in [-0.2, 0) is 22.3 Å². The number of amidine groups is 1. The standard InChI is InChI=1S/C29H21F7N6O3S/c1-16-5-6-18(12-45-14-28(31,32)33)23(9-16)42-24(43)13-46-27(42)39-26(44)38-22-8-7-17(10-21(22)30)25-37-15-41(40-25)20-4-2-3-19(11-20)29(34,35)36/h2-11,15H,12-14H2,1H3,(H,38,44)/b39-27-. The van der Waals surface area contributed by atoms with Gasteiger partial charge in [-0.05, 0) is 55.0 Å². The molecule has 17 heteroatoms. The Hall–Kier alpha value is -4.77. The van der Waals surface area contributed by atoms with Crippen LogP contribution < -0.4 is 10.2 Å². The third-order valence-electron chi connectivity index (χ3n) is 6.37. The third kappa shape index (κ3) is 7.71. The number of aliphatic imine (C=N–C) groups is 1. The molecule has 2 heterocycles. The molecule has 0 unspecified atom stereocenters. The van der Waals surface area contributed by atoms with E-state index in [1.165, 1.54) is 36.7 Å². The fraction of sp³-hybridized carbons (Fsp3) is 0.207. The lowest BCUT2D eigenvalue weighted by Crippen LogP contribution is -2.31. The van der Waals surface area contributed by atoms with Crippen LogP contribution in [0.2, 0.25) is 0 Å². The Balaban J connectivity index is 1.32. The van der Waals surface area contributed by atoms with Crippen molar-refractivity contribution >= 4 is 40.2 Å². The minimum absolute atomic E-state index is 0.000821. The van der Waals surface area contributed by atoms with Crippen LogP contribution in [0.1, 0.15) is 16.7 Å². The number of thioether (sulfide) groups is 1. The smallest absolute Gasteiger partial charge is 0.367 e. The molecule has 0 bridgehead atoms. The van der Waals surface area contributed by atoms with E-state index in [2.05, 4.69) is 20.4 Å². The van der Waals surface area contributed by atoms with E-state index in [4.69, 9.17) is 4.74 Å². The summed E-state index contributed by atoms with van der Waals surface area (Å²) in [6.07, 6.45) is -7.94. The number of aryl methyl sites for hydroxylation is 1. The number of alkyl halides is 6. The normalized spacial score (nSPS) is 14.7. The summed E-state index contributed by atoms with van der Waals surface area (Å²) in [7, 11) is 0. The van der Waals surface area contributed by atoms with E-state index in [0.29, 0.717) is 5.56 Å². The predicted octanol–water partition coefficient (Wildman–Crippen LogP) is 7.15. The van der Waals surface area contributed by atoms with Crippen LogP contribution in [0.5, 0.6) is 0 Å². The number of rotatable bonds is 7. The lowest BCUT2D eigenvalue weighted by atomic mass is 10.1. The number of nitrogens with one attached hydrogen (secondary N) is 1.